The van der Waals surface area contributed by atoms with Crippen LogP contribution in [0.2, 0.25) is 0 Å². The molecule has 0 bridgehead atoms. The molecule has 1 rings (SSSR count). The maximum absolute atomic E-state index is 12.0. The molecule has 19 heavy (non-hydrogen) atoms. The standard InChI is InChI=1S/C16H26N2O/c1-12(2)17-9-8-16(19)18(5)11-15-7-6-13(3)10-14(15)4/h6-7,10,12,17H,8-9,11H2,1-5H3. The number of carbonyl (C=O) groups excluding carboxylic acids is 1. The molecule has 0 aromatic heterocycles. The van der Waals surface area contributed by atoms with Crippen LogP contribution < -0.4 is 5.32 Å². The van der Waals surface area contributed by atoms with Gasteiger partial charge in [0.25, 0.3) is 0 Å². The molecule has 3 heteroatoms. The Labute approximate surface area is 117 Å². The molecule has 0 saturated heterocycles. The van der Waals surface area contributed by atoms with E-state index in [1.54, 1.807) is 4.90 Å². The van der Waals surface area contributed by atoms with Gasteiger partial charge in [-0.15, -0.1) is 0 Å². The van der Waals surface area contributed by atoms with Crippen LogP contribution in [0, 0.1) is 13.8 Å². The summed E-state index contributed by atoms with van der Waals surface area (Å²) in [6.07, 6.45) is 0.555. The summed E-state index contributed by atoms with van der Waals surface area (Å²) in [7, 11) is 1.87. The molecule has 1 N–H and O–H groups in total. The number of rotatable bonds is 6. The highest BCUT2D eigenvalue weighted by atomic mass is 16.2. The van der Waals surface area contributed by atoms with Gasteiger partial charge in [-0.05, 0) is 25.0 Å². The number of aryl methyl sites for hydroxylation is 2. The van der Waals surface area contributed by atoms with Gasteiger partial charge in [-0.2, -0.15) is 0 Å². The summed E-state index contributed by atoms with van der Waals surface area (Å²) >= 11 is 0. The molecule has 0 radical (unpaired) electrons. The summed E-state index contributed by atoms with van der Waals surface area (Å²) in [6.45, 7) is 9.79. The summed E-state index contributed by atoms with van der Waals surface area (Å²) in [5.41, 5.74) is 3.73. The fraction of sp³-hybridized carbons (Fsp3) is 0.562. The van der Waals surface area contributed by atoms with Crippen LogP contribution in [0.25, 0.3) is 0 Å². The molecule has 106 valence electrons. The zero-order valence-corrected chi connectivity index (χ0v) is 12.8. The van der Waals surface area contributed by atoms with Crippen LogP contribution >= 0.6 is 0 Å². The second-order valence-electron chi connectivity index (χ2n) is 5.54. The topological polar surface area (TPSA) is 32.3 Å². The Balaban J connectivity index is 2.49. The summed E-state index contributed by atoms with van der Waals surface area (Å²) in [4.78, 5) is 13.8. The largest absolute Gasteiger partial charge is 0.341 e. The van der Waals surface area contributed by atoms with Crippen molar-refractivity contribution in [2.24, 2.45) is 0 Å². The molecular weight excluding hydrogens is 236 g/mol. The number of hydrogen-bond acceptors (Lipinski definition) is 2. The van der Waals surface area contributed by atoms with Gasteiger partial charge in [0.1, 0.15) is 0 Å². The molecule has 3 nitrogen and oxygen atoms in total. The first-order chi connectivity index (χ1) is 8.90. The van der Waals surface area contributed by atoms with Gasteiger partial charge in [-0.1, -0.05) is 37.6 Å². The number of benzene rings is 1. The van der Waals surface area contributed by atoms with Gasteiger partial charge in [-0.25, -0.2) is 0 Å². The lowest BCUT2D eigenvalue weighted by molar-refractivity contribution is -0.130. The Hall–Kier alpha value is -1.35. The summed E-state index contributed by atoms with van der Waals surface area (Å²) < 4.78 is 0. The maximum atomic E-state index is 12.0. The number of nitrogens with zero attached hydrogens (tertiary/aromatic N) is 1. The van der Waals surface area contributed by atoms with Gasteiger partial charge < -0.3 is 10.2 Å². The first-order valence-corrected chi connectivity index (χ1v) is 6.93. The van der Waals surface area contributed by atoms with Gasteiger partial charge in [0.15, 0.2) is 0 Å². The normalized spacial score (nSPS) is 10.8. The van der Waals surface area contributed by atoms with Crippen molar-refractivity contribution in [1.82, 2.24) is 10.2 Å². The van der Waals surface area contributed by atoms with E-state index in [2.05, 4.69) is 51.2 Å². The minimum atomic E-state index is 0.188. The predicted octanol–water partition coefficient (Wildman–Crippen LogP) is 2.65. The molecule has 0 unspecified atom stereocenters. The van der Waals surface area contributed by atoms with E-state index in [4.69, 9.17) is 0 Å². The Morgan fingerprint density at radius 3 is 2.58 bits per heavy atom. The number of carbonyl (C=O) groups is 1. The van der Waals surface area contributed by atoms with E-state index in [1.165, 1.54) is 16.7 Å². The van der Waals surface area contributed by atoms with E-state index >= 15 is 0 Å². The molecule has 0 heterocycles. The Morgan fingerprint density at radius 1 is 1.32 bits per heavy atom. The van der Waals surface area contributed by atoms with Crippen LogP contribution in [0.4, 0.5) is 0 Å². The average Bonchev–Trinajstić information content (AvgIpc) is 2.32. The van der Waals surface area contributed by atoms with Crippen molar-refractivity contribution in [2.45, 2.75) is 46.7 Å². The predicted molar refractivity (Wildman–Crippen MR) is 80.1 cm³/mol. The quantitative estimate of drug-likeness (QED) is 0.855. The van der Waals surface area contributed by atoms with Crippen molar-refractivity contribution >= 4 is 5.91 Å². The smallest absolute Gasteiger partial charge is 0.223 e. The minimum Gasteiger partial charge on any atom is -0.341 e. The lowest BCUT2D eigenvalue weighted by Gasteiger charge is -2.19. The monoisotopic (exact) mass is 262 g/mol. The molecule has 0 fully saturated rings. The van der Waals surface area contributed by atoms with Gasteiger partial charge >= 0.3 is 0 Å². The van der Waals surface area contributed by atoms with Gasteiger partial charge in [-0.3, -0.25) is 4.79 Å². The molecule has 0 aliphatic heterocycles. The van der Waals surface area contributed by atoms with Crippen molar-refractivity contribution < 1.29 is 4.79 Å². The highest BCUT2D eigenvalue weighted by molar-refractivity contribution is 5.76. The Kier molecular flexibility index (Phi) is 6.03. The number of hydrogen-bond donors (Lipinski definition) is 1. The highest BCUT2D eigenvalue weighted by Crippen LogP contribution is 2.12. The molecule has 0 aliphatic carbocycles. The van der Waals surface area contributed by atoms with Crippen LogP contribution in [0.1, 0.15) is 37.0 Å². The fourth-order valence-corrected chi connectivity index (χ4v) is 2.03. The van der Waals surface area contributed by atoms with E-state index in [0.29, 0.717) is 19.0 Å². The minimum absolute atomic E-state index is 0.188. The molecular formula is C16H26N2O. The van der Waals surface area contributed by atoms with Crippen molar-refractivity contribution in [3.63, 3.8) is 0 Å². The summed E-state index contributed by atoms with van der Waals surface area (Å²) in [5.74, 6) is 0.188. The van der Waals surface area contributed by atoms with Crippen LogP contribution in [-0.4, -0.2) is 30.4 Å². The van der Waals surface area contributed by atoms with Crippen LogP contribution in [-0.2, 0) is 11.3 Å². The third-order valence-electron chi connectivity index (χ3n) is 3.22. The van der Waals surface area contributed by atoms with Gasteiger partial charge in [0.2, 0.25) is 5.91 Å². The van der Waals surface area contributed by atoms with Crippen molar-refractivity contribution in [3.05, 3.63) is 34.9 Å². The third kappa shape index (κ3) is 5.43. The SMILES string of the molecule is Cc1ccc(CN(C)C(=O)CCNC(C)C)c(C)c1. The van der Waals surface area contributed by atoms with Gasteiger partial charge in [0.05, 0.1) is 0 Å². The van der Waals surface area contributed by atoms with E-state index in [0.717, 1.165) is 6.54 Å². The van der Waals surface area contributed by atoms with E-state index < -0.39 is 0 Å². The molecule has 1 amide bonds. The molecule has 0 atom stereocenters. The molecule has 0 aliphatic rings. The summed E-state index contributed by atoms with van der Waals surface area (Å²) in [6, 6.07) is 6.80. The lowest BCUT2D eigenvalue weighted by atomic mass is 10.1. The van der Waals surface area contributed by atoms with Gasteiger partial charge in [0, 0.05) is 32.6 Å². The first-order valence-electron chi connectivity index (χ1n) is 6.93. The molecule has 1 aromatic carbocycles. The number of amides is 1. The van der Waals surface area contributed by atoms with Crippen LogP contribution in [0.15, 0.2) is 18.2 Å². The van der Waals surface area contributed by atoms with E-state index in [9.17, 15) is 4.79 Å². The van der Waals surface area contributed by atoms with E-state index in [1.807, 2.05) is 7.05 Å². The lowest BCUT2D eigenvalue weighted by Crippen LogP contribution is -2.31. The molecule has 0 spiro atoms. The van der Waals surface area contributed by atoms with Crippen molar-refractivity contribution in [3.8, 4) is 0 Å². The molecule has 1 aromatic rings. The first kappa shape index (κ1) is 15.7. The maximum Gasteiger partial charge on any atom is 0.223 e. The zero-order valence-electron chi connectivity index (χ0n) is 12.8. The average molecular weight is 262 g/mol. The van der Waals surface area contributed by atoms with E-state index in [-0.39, 0.29) is 5.91 Å². The Morgan fingerprint density at radius 2 is 2.00 bits per heavy atom. The van der Waals surface area contributed by atoms with Crippen LogP contribution in [0.5, 0.6) is 0 Å². The van der Waals surface area contributed by atoms with Crippen molar-refractivity contribution in [2.75, 3.05) is 13.6 Å². The Bertz CT molecular complexity index is 427. The third-order valence-corrected chi connectivity index (χ3v) is 3.22. The van der Waals surface area contributed by atoms with Crippen LogP contribution in [0.3, 0.4) is 0 Å². The van der Waals surface area contributed by atoms with Crippen molar-refractivity contribution in [1.29, 1.82) is 0 Å². The second kappa shape index (κ2) is 7.29. The summed E-state index contributed by atoms with van der Waals surface area (Å²) in [5, 5.41) is 3.27. The zero-order chi connectivity index (χ0) is 14.4. The number of nitrogens with one attached hydrogen (secondary N) is 1. The second-order valence-corrected chi connectivity index (χ2v) is 5.54. The fourth-order valence-electron chi connectivity index (χ4n) is 2.03. The highest BCUT2D eigenvalue weighted by Gasteiger charge is 2.10. The molecule has 0 saturated carbocycles.